The molecule has 6 aromatic rings. The molecule has 42 heavy (non-hydrogen) atoms. The van der Waals surface area contributed by atoms with Crippen molar-refractivity contribution in [3.05, 3.63) is 95.7 Å². The van der Waals surface area contributed by atoms with Crippen LogP contribution in [-0.2, 0) is 13.2 Å². The fourth-order valence-electron chi connectivity index (χ4n) is 5.17. The number of carboxylic acids is 1. The highest BCUT2D eigenvalue weighted by Gasteiger charge is 2.26. The molecule has 10 heteroatoms. The minimum absolute atomic E-state index is 0.121. The Labute approximate surface area is 245 Å². The summed E-state index contributed by atoms with van der Waals surface area (Å²) in [6.45, 7) is 0.671. The Bertz CT molecular complexity index is 1890. The molecule has 0 fully saturated rings. The third kappa shape index (κ3) is 4.97. The third-order valence-electron chi connectivity index (χ3n) is 7.10. The van der Waals surface area contributed by atoms with Crippen LogP contribution < -0.4 is 18.9 Å². The van der Waals surface area contributed by atoms with Crippen molar-refractivity contribution in [1.29, 1.82) is 0 Å². The quantitative estimate of drug-likeness (QED) is 0.191. The average Bonchev–Trinajstić information content (AvgIpc) is 3.62. The largest absolute Gasteiger partial charge is 0.493 e. The van der Waals surface area contributed by atoms with Crippen LogP contribution in [0.1, 0.15) is 21.6 Å². The number of benzene rings is 4. The van der Waals surface area contributed by atoms with Crippen LogP contribution in [0.2, 0.25) is 0 Å². The molecule has 6 rings (SSSR count). The SMILES string of the molecule is COc1cc(-c2c(C(=O)O)n(Cc3ccc4nsnc4c3)c3cc(OCc4ccccc4)ccc23)cc(OC)c1OC. The Morgan fingerprint density at radius 2 is 1.57 bits per heavy atom. The maximum Gasteiger partial charge on any atom is 0.353 e. The summed E-state index contributed by atoms with van der Waals surface area (Å²) in [6, 6.07) is 24.8. The van der Waals surface area contributed by atoms with E-state index in [4.69, 9.17) is 18.9 Å². The highest BCUT2D eigenvalue weighted by molar-refractivity contribution is 7.00. The van der Waals surface area contributed by atoms with Gasteiger partial charge in [0.25, 0.3) is 0 Å². The standard InChI is InChI=1S/C32H27N3O6S/c1-38-27-14-21(15-28(39-2)31(27)40-3)29-23-11-10-22(41-18-19-7-5-4-6-8-19)16-26(23)35(30(29)32(36)37)17-20-9-12-24-25(13-20)34-42-33-24/h4-16H,17-18H2,1-3H3,(H,36,37). The number of hydrogen-bond donors (Lipinski definition) is 1. The summed E-state index contributed by atoms with van der Waals surface area (Å²) in [6.07, 6.45) is 0. The van der Waals surface area contributed by atoms with Crippen LogP contribution in [0.4, 0.5) is 0 Å². The molecule has 212 valence electrons. The number of aromatic nitrogens is 3. The fraction of sp³-hybridized carbons (Fsp3) is 0.156. The molecule has 0 saturated heterocycles. The van der Waals surface area contributed by atoms with Crippen molar-refractivity contribution < 1.29 is 28.8 Å². The number of rotatable bonds is 10. The Balaban J connectivity index is 1.55. The molecule has 2 aromatic heterocycles. The van der Waals surface area contributed by atoms with Crippen LogP contribution >= 0.6 is 11.7 Å². The Kier molecular flexibility index (Phi) is 7.37. The molecule has 9 nitrogen and oxygen atoms in total. The number of nitrogens with zero attached hydrogens (tertiary/aromatic N) is 3. The van der Waals surface area contributed by atoms with Crippen LogP contribution in [0, 0.1) is 0 Å². The van der Waals surface area contributed by atoms with E-state index in [1.165, 1.54) is 21.3 Å². The second kappa shape index (κ2) is 11.4. The van der Waals surface area contributed by atoms with Gasteiger partial charge in [-0.15, -0.1) is 0 Å². The summed E-state index contributed by atoms with van der Waals surface area (Å²) in [4.78, 5) is 13.0. The molecule has 2 heterocycles. The minimum Gasteiger partial charge on any atom is -0.493 e. The van der Waals surface area contributed by atoms with Gasteiger partial charge in [-0.05, 0) is 53.1 Å². The van der Waals surface area contributed by atoms with E-state index >= 15 is 0 Å². The number of aromatic carboxylic acids is 1. The Morgan fingerprint density at radius 3 is 2.26 bits per heavy atom. The zero-order valence-corrected chi connectivity index (χ0v) is 24.0. The van der Waals surface area contributed by atoms with Gasteiger partial charge in [0.15, 0.2) is 11.5 Å². The number of carboxylic acid groups (broad SMARTS) is 1. The molecule has 0 aliphatic carbocycles. The van der Waals surface area contributed by atoms with E-state index < -0.39 is 5.97 Å². The normalized spacial score (nSPS) is 11.1. The topological polar surface area (TPSA) is 105 Å². The number of methoxy groups -OCH3 is 3. The van der Waals surface area contributed by atoms with Gasteiger partial charge in [-0.3, -0.25) is 0 Å². The van der Waals surface area contributed by atoms with Crippen LogP contribution in [0.15, 0.2) is 78.9 Å². The van der Waals surface area contributed by atoms with Crippen molar-refractivity contribution in [2.45, 2.75) is 13.2 Å². The molecule has 0 saturated carbocycles. The second-order valence-electron chi connectivity index (χ2n) is 9.57. The van der Waals surface area contributed by atoms with Gasteiger partial charge in [-0.2, -0.15) is 8.75 Å². The van der Waals surface area contributed by atoms with Gasteiger partial charge in [-0.1, -0.05) is 36.4 Å². The fourth-order valence-corrected chi connectivity index (χ4v) is 5.69. The molecule has 1 N–H and O–H groups in total. The smallest absolute Gasteiger partial charge is 0.353 e. The summed E-state index contributed by atoms with van der Waals surface area (Å²) in [5.74, 6) is 0.823. The monoisotopic (exact) mass is 581 g/mol. The molecule has 4 aromatic carbocycles. The molecule has 0 aliphatic rings. The van der Waals surface area contributed by atoms with Crippen molar-refractivity contribution in [3.63, 3.8) is 0 Å². The van der Waals surface area contributed by atoms with Gasteiger partial charge in [0, 0.05) is 23.6 Å². The van der Waals surface area contributed by atoms with Gasteiger partial charge >= 0.3 is 5.97 Å². The van der Waals surface area contributed by atoms with Crippen molar-refractivity contribution in [2.24, 2.45) is 0 Å². The lowest BCUT2D eigenvalue weighted by molar-refractivity contribution is 0.0687. The lowest BCUT2D eigenvalue weighted by atomic mass is 10.0. The van der Waals surface area contributed by atoms with Crippen LogP contribution in [0.25, 0.3) is 33.1 Å². The van der Waals surface area contributed by atoms with Crippen molar-refractivity contribution in [1.82, 2.24) is 13.3 Å². The van der Waals surface area contributed by atoms with Gasteiger partial charge in [0.2, 0.25) is 5.75 Å². The number of ether oxygens (including phenoxy) is 4. The Morgan fingerprint density at radius 1 is 0.833 bits per heavy atom. The van der Waals surface area contributed by atoms with E-state index in [0.29, 0.717) is 46.2 Å². The van der Waals surface area contributed by atoms with Gasteiger partial charge < -0.3 is 28.6 Å². The molecular weight excluding hydrogens is 554 g/mol. The first-order chi connectivity index (χ1) is 20.5. The lowest BCUT2D eigenvalue weighted by Crippen LogP contribution is -2.11. The minimum atomic E-state index is -1.07. The van der Waals surface area contributed by atoms with Crippen LogP contribution in [-0.4, -0.2) is 45.7 Å². The molecular formula is C32H27N3O6S. The first-order valence-electron chi connectivity index (χ1n) is 13.1. The summed E-state index contributed by atoms with van der Waals surface area (Å²) in [5, 5.41) is 11.4. The average molecular weight is 582 g/mol. The predicted octanol–water partition coefficient (Wildman–Crippen LogP) is 6.66. The summed E-state index contributed by atoms with van der Waals surface area (Å²) in [5.41, 5.74) is 5.46. The highest BCUT2D eigenvalue weighted by Crippen LogP contribution is 2.45. The number of fused-ring (bicyclic) bond motifs is 2. The van der Waals surface area contributed by atoms with Gasteiger partial charge in [-0.25, -0.2) is 4.79 Å². The van der Waals surface area contributed by atoms with E-state index in [-0.39, 0.29) is 12.2 Å². The molecule has 0 bridgehead atoms. The van der Waals surface area contributed by atoms with E-state index in [2.05, 4.69) is 8.75 Å². The van der Waals surface area contributed by atoms with Crippen LogP contribution in [0.3, 0.4) is 0 Å². The van der Waals surface area contributed by atoms with E-state index in [1.807, 2.05) is 66.7 Å². The highest BCUT2D eigenvalue weighted by atomic mass is 32.1. The van der Waals surface area contributed by atoms with Gasteiger partial charge in [0.1, 0.15) is 29.1 Å². The van der Waals surface area contributed by atoms with Gasteiger partial charge in [0.05, 0.1) is 38.6 Å². The molecule has 0 aliphatic heterocycles. The van der Waals surface area contributed by atoms with Crippen molar-refractivity contribution in [3.8, 4) is 34.1 Å². The first-order valence-corrected chi connectivity index (χ1v) is 13.8. The molecule has 0 unspecified atom stereocenters. The molecule has 0 spiro atoms. The third-order valence-corrected chi connectivity index (χ3v) is 7.66. The first kappa shape index (κ1) is 27.1. The molecule has 0 radical (unpaired) electrons. The molecule has 0 atom stereocenters. The van der Waals surface area contributed by atoms with E-state index in [1.54, 1.807) is 16.7 Å². The lowest BCUT2D eigenvalue weighted by Gasteiger charge is -2.15. The van der Waals surface area contributed by atoms with E-state index in [9.17, 15) is 9.90 Å². The maximum absolute atomic E-state index is 13.0. The maximum atomic E-state index is 13.0. The second-order valence-corrected chi connectivity index (χ2v) is 10.1. The van der Waals surface area contributed by atoms with Crippen molar-refractivity contribution in [2.75, 3.05) is 21.3 Å². The summed E-state index contributed by atoms with van der Waals surface area (Å²) in [7, 11) is 4.59. The molecule has 0 amide bonds. The van der Waals surface area contributed by atoms with E-state index in [0.717, 1.165) is 39.3 Å². The zero-order chi connectivity index (χ0) is 29.2. The van der Waals surface area contributed by atoms with Crippen LogP contribution in [0.5, 0.6) is 23.0 Å². The number of carbonyl (C=O) groups is 1. The Hall–Kier alpha value is -5.09. The zero-order valence-electron chi connectivity index (χ0n) is 23.2. The predicted molar refractivity (Wildman–Crippen MR) is 161 cm³/mol. The number of hydrogen-bond acceptors (Lipinski definition) is 8. The summed E-state index contributed by atoms with van der Waals surface area (Å²) >= 11 is 1.14. The van der Waals surface area contributed by atoms with Crippen molar-refractivity contribution >= 4 is 39.6 Å². The summed E-state index contributed by atoms with van der Waals surface area (Å²) < 4.78 is 33.3.